The smallest absolute Gasteiger partial charge is 0.164 e. The third-order valence-corrected chi connectivity index (χ3v) is 8.57. The minimum Gasteiger partial charge on any atom is -0.512 e. The molecule has 3 rings (SSSR count). The molecular weight excluding hydrogens is 683 g/mol. The normalized spacial score (nSPS) is 12.4. The van der Waals surface area contributed by atoms with Gasteiger partial charge in [-0.15, -0.1) is 34.9 Å². The van der Waals surface area contributed by atoms with Gasteiger partial charge in [0.2, 0.25) is 0 Å². The Kier molecular flexibility index (Phi) is 13.7. The fraction of sp³-hybridized carbons (Fsp3) is 0.514. The van der Waals surface area contributed by atoms with Crippen LogP contribution in [0.2, 0.25) is 0 Å². The largest absolute Gasteiger partial charge is 0.512 e. The van der Waals surface area contributed by atoms with E-state index in [0.717, 1.165) is 48.9 Å². The van der Waals surface area contributed by atoms with E-state index in [2.05, 4.69) is 82.1 Å². The van der Waals surface area contributed by atoms with Crippen LogP contribution in [0.1, 0.15) is 105 Å². The van der Waals surface area contributed by atoms with Crippen LogP contribution < -0.4 is 0 Å². The van der Waals surface area contributed by atoms with E-state index in [4.69, 9.17) is 0 Å². The van der Waals surface area contributed by atoms with E-state index in [0.29, 0.717) is 5.41 Å². The first-order valence-electron chi connectivity index (χ1n) is 15.0. The van der Waals surface area contributed by atoms with Crippen molar-refractivity contribution in [2.45, 2.75) is 108 Å². The molecule has 0 amide bonds. The molecule has 3 aromatic rings. The quantitative estimate of drug-likeness (QED) is 0.135. The fourth-order valence-corrected chi connectivity index (χ4v) is 4.87. The number of ketones is 1. The Morgan fingerprint density at radius 3 is 1.98 bits per heavy atom. The number of rotatable bonds is 9. The number of carbonyl (C=O) groups excluding carboxylic acids is 1. The molecule has 227 valence electrons. The number of aliphatic hydroxyl groups is 1. The average molecular weight is 735 g/mol. The SMILES string of the molecule is CCC(C)(CC)C(=O)/C=C(\O)C(C)(CC)CC.Cc1[c-]c(-c2nccc3cc(CC(C)(C)C)ccc23)cc(C)c1.[Ir]. The molecule has 0 aliphatic carbocycles. The van der Waals surface area contributed by atoms with Crippen molar-refractivity contribution in [3.8, 4) is 11.3 Å². The second-order valence-electron chi connectivity index (χ2n) is 13.1. The zero-order valence-corrected chi connectivity index (χ0v) is 29.7. The van der Waals surface area contributed by atoms with Gasteiger partial charge >= 0.3 is 0 Å². The van der Waals surface area contributed by atoms with Gasteiger partial charge in [0.1, 0.15) is 5.76 Å². The van der Waals surface area contributed by atoms with E-state index in [1.165, 1.54) is 28.0 Å². The molecule has 0 unspecified atom stereocenters. The van der Waals surface area contributed by atoms with Crippen molar-refractivity contribution in [1.29, 1.82) is 0 Å². The number of hydrogen-bond acceptors (Lipinski definition) is 3. The summed E-state index contributed by atoms with van der Waals surface area (Å²) < 4.78 is 0. The molecule has 4 heteroatoms. The van der Waals surface area contributed by atoms with Crippen molar-refractivity contribution in [2.75, 3.05) is 0 Å². The second-order valence-corrected chi connectivity index (χ2v) is 13.1. The zero-order valence-electron chi connectivity index (χ0n) is 27.3. The van der Waals surface area contributed by atoms with Crippen LogP contribution in [0.4, 0.5) is 0 Å². The number of aliphatic hydroxyl groups excluding tert-OH is 1. The summed E-state index contributed by atoms with van der Waals surface area (Å²) >= 11 is 0. The number of carbonyl (C=O) groups is 1. The molecule has 0 bridgehead atoms. The Hall–Kier alpha value is -2.29. The van der Waals surface area contributed by atoms with Crippen LogP contribution in [0, 0.1) is 36.2 Å². The summed E-state index contributed by atoms with van der Waals surface area (Å²) in [4.78, 5) is 16.8. The number of fused-ring (bicyclic) bond motifs is 1. The summed E-state index contributed by atoms with van der Waals surface area (Å²) in [5, 5.41) is 12.6. The Balaban J connectivity index is 0.000000421. The molecule has 0 spiro atoms. The molecule has 1 N–H and O–H groups in total. The first-order chi connectivity index (χ1) is 18.6. The number of nitrogens with zero attached hydrogens (tertiary/aromatic N) is 1. The van der Waals surface area contributed by atoms with Crippen molar-refractivity contribution in [2.24, 2.45) is 16.2 Å². The molecular formula is C37H52IrNO2-. The van der Waals surface area contributed by atoms with E-state index < -0.39 is 0 Å². The van der Waals surface area contributed by atoms with Gasteiger partial charge in [0.05, 0.1) is 0 Å². The molecule has 0 aliphatic rings. The molecule has 1 radical (unpaired) electrons. The van der Waals surface area contributed by atoms with E-state index >= 15 is 0 Å². The predicted octanol–water partition coefficient (Wildman–Crippen LogP) is 10.6. The summed E-state index contributed by atoms with van der Waals surface area (Å²) in [5.41, 5.74) is 5.58. The predicted molar refractivity (Wildman–Crippen MR) is 172 cm³/mol. The first-order valence-corrected chi connectivity index (χ1v) is 15.0. The Morgan fingerprint density at radius 1 is 0.878 bits per heavy atom. The molecule has 2 aromatic carbocycles. The van der Waals surface area contributed by atoms with Gasteiger partial charge < -0.3 is 10.1 Å². The molecule has 1 aromatic heterocycles. The third-order valence-electron chi connectivity index (χ3n) is 8.57. The summed E-state index contributed by atoms with van der Waals surface area (Å²) in [6, 6.07) is 16.6. The molecule has 0 aliphatic heterocycles. The third kappa shape index (κ3) is 9.90. The van der Waals surface area contributed by atoms with Gasteiger partial charge in [0, 0.05) is 43.2 Å². The van der Waals surface area contributed by atoms with E-state index in [1.54, 1.807) is 0 Å². The monoisotopic (exact) mass is 735 g/mol. The van der Waals surface area contributed by atoms with Gasteiger partial charge in [-0.1, -0.05) is 94.4 Å². The zero-order chi connectivity index (χ0) is 30.3. The van der Waals surface area contributed by atoms with Gasteiger partial charge in [-0.3, -0.25) is 4.79 Å². The van der Waals surface area contributed by atoms with E-state index in [-0.39, 0.29) is 42.5 Å². The van der Waals surface area contributed by atoms with Crippen LogP contribution in [0.15, 0.2) is 54.4 Å². The van der Waals surface area contributed by atoms with Crippen molar-refractivity contribution in [1.82, 2.24) is 4.98 Å². The minimum atomic E-state index is -0.337. The van der Waals surface area contributed by atoms with Crippen molar-refractivity contribution in [3.63, 3.8) is 0 Å². The van der Waals surface area contributed by atoms with Crippen LogP contribution in [-0.4, -0.2) is 15.9 Å². The van der Waals surface area contributed by atoms with Crippen molar-refractivity contribution < 1.29 is 30.0 Å². The van der Waals surface area contributed by atoms with Gasteiger partial charge in [-0.25, -0.2) is 0 Å². The molecule has 0 saturated heterocycles. The minimum absolute atomic E-state index is 0. The van der Waals surface area contributed by atoms with Crippen LogP contribution in [0.3, 0.4) is 0 Å². The fourth-order valence-electron chi connectivity index (χ4n) is 4.87. The van der Waals surface area contributed by atoms with Gasteiger partial charge in [-0.05, 0) is 65.6 Å². The number of aromatic nitrogens is 1. The summed E-state index contributed by atoms with van der Waals surface area (Å²) in [7, 11) is 0. The summed E-state index contributed by atoms with van der Waals surface area (Å²) in [6.45, 7) is 23.1. The molecule has 3 nitrogen and oxygen atoms in total. The van der Waals surface area contributed by atoms with Crippen LogP contribution in [0.25, 0.3) is 22.0 Å². The van der Waals surface area contributed by atoms with Crippen LogP contribution >= 0.6 is 0 Å². The number of allylic oxidation sites excluding steroid dienone is 2. The van der Waals surface area contributed by atoms with E-state index in [9.17, 15) is 9.90 Å². The standard InChI is InChI=1S/C22H24N.C15H28O2.Ir/c1-15-10-16(2)12-19(11-15)21-20-7-6-17(14-22(3,4)5)13-18(20)8-9-23-21;1-7-14(5,8-2)12(16)11-13(17)15(6,9-3)10-4;/h6-11,13H,14H2,1-5H3;11,16H,7-10H2,1-6H3;/q-1;;/b;12-11-;. The number of pyridine rings is 1. The summed E-state index contributed by atoms with van der Waals surface area (Å²) in [5.74, 6) is 0.286. The Morgan fingerprint density at radius 2 is 1.46 bits per heavy atom. The van der Waals surface area contributed by atoms with Gasteiger partial charge in [0.15, 0.2) is 5.78 Å². The average Bonchev–Trinajstić information content (AvgIpc) is 2.90. The second kappa shape index (κ2) is 15.3. The number of benzene rings is 2. The van der Waals surface area contributed by atoms with Crippen molar-refractivity contribution in [3.05, 3.63) is 77.2 Å². The van der Waals surface area contributed by atoms with Crippen LogP contribution in [0.5, 0.6) is 0 Å². The van der Waals surface area contributed by atoms with Gasteiger partial charge in [0.25, 0.3) is 0 Å². The van der Waals surface area contributed by atoms with Crippen molar-refractivity contribution >= 4 is 16.6 Å². The molecule has 0 atom stereocenters. The molecule has 41 heavy (non-hydrogen) atoms. The number of hydrogen-bond donors (Lipinski definition) is 1. The Labute approximate surface area is 263 Å². The molecule has 0 saturated carbocycles. The Bertz CT molecular complexity index is 1300. The maximum atomic E-state index is 12.2. The topological polar surface area (TPSA) is 50.2 Å². The molecule has 0 fully saturated rings. The summed E-state index contributed by atoms with van der Waals surface area (Å²) in [6.07, 6.45) is 7.74. The van der Waals surface area contributed by atoms with E-state index in [1.807, 2.05) is 47.7 Å². The van der Waals surface area contributed by atoms with Crippen LogP contribution in [-0.2, 0) is 31.3 Å². The number of aryl methyl sites for hydroxylation is 2. The maximum Gasteiger partial charge on any atom is 0.164 e. The first kappa shape index (κ1) is 36.7. The van der Waals surface area contributed by atoms with Gasteiger partial charge in [-0.2, -0.15) is 0 Å². The maximum absolute atomic E-state index is 12.2. The molecule has 1 heterocycles.